The lowest BCUT2D eigenvalue weighted by Crippen LogP contribution is -2.38. The van der Waals surface area contributed by atoms with Crippen LogP contribution in [-0.4, -0.2) is 37.0 Å². The quantitative estimate of drug-likeness (QED) is 0.582. The summed E-state index contributed by atoms with van der Waals surface area (Å²) in [4.78, 5) is 14.0. The number of benzene rings is 1. The minimum Gasteiger partial charge on any atom is -0.495 e. The molecule has 0 aromatic heterocycles. The average molecular weight is 276 g/mol. The van der Waals surface area contributed by atoms with Gasteiger partial charge in [0.05, 0.1) is 12.8 Å². The van der Waals surface area contributed by atoms with Crippen molar-refractivity contribution >= 4 is 17.6 Å². The number of hydrogen-bond donors (Lipinski definition) is 3. The highest BCUT2D eigenvalue weighted by molar-refractivity contribution is 5.97. The Morgan fingerprint density at radius 2 is 2.05 bits per heavy atom. The van der Waals surface area contributed by atoms with Gasteiger partial charge in [-0.2, -0.15) is 0 Å². The molecule has 0 aliphatic carbocycles. The van der Waals surface area contributed by atoms with Gasteiger partial charge in [-0.1, -0.05) is 0 Å². The Balaban J connectivity index is 2.11. The fourth-order valence-electron chi connectivity index (χ4n) is 2.25. The number of nitrogens with zero attached hydrogens (tertiary/aromatic N) is 1. The molecule has 1 aliphatic rings. The van der Waals surface area contributed by atoms with E-state index < -0.39 is 0 Å². The molecule has 2 amide bonds. The first-order chi connectivity index (χ1) is 9.61. The molecule has 0 unspecified atom stereocenters. The summed E-state index contributed by atoms with van der Waals surface area (Å²) >= 11 is 0. The van der Waals surface area contributed by atoms with E-state index in [1.54, 1.807) is 18.2 Å². The predicted octanol–water partition coefficient (Wildman–Crippen LogP) is 2.00. The van der Waals surface area contributed by atoms with Crippen LogP contribution < -0.4 is 15.8 Å². The highest BCUT2D eigenvalue weighted by Crippen LogP contribution is 2.26. The highest BCUT2D eigenvalue weighted by Gasteiger charge is 2.18. The number of amidine groups is 1. The number of rotatable bonds is 3. The number of nitrogens with two attached hydrogens (primary N) is 1. The number of carbonyl (C=O) groups is 1. The van der Waals surface area contributed by atoms with Crippen LogP contribution in [0.25, 0.3) is 0 Å². The summed E-state index contributed by atoms with van der Waals surface area (Å²) in [5.74, 6) is 0.472. The Labute approximate surface area is 118 Å². The van der Waals surface area contributed by atoms with Crippen molar-refractivity contribution in [2.75, 3.05) is 25.5 Å². The summed E-state index contributed by atoms with van der Waals surface area (Å²) in [6.07, 6.45) is 3.28. The van der Waals surface area contributed by atoms with Crippen molar-refractivity contribution in [1.29, 1.82) is 5.41 Å². The third kappa shape index (κ3) is 3.20. The van der Waals surface area contributed by atoms with Gasteiger partial charge in [0.1, 0.15) is 11.6 Å². The van der Waals surface area contributed by atoms with Crippen LogP contribution in [0.15, 0.2) is 18.2 Å². The topological polar surface area (TPSA) is 91.4 Å². The first kappa shape index (κ1) is 14.2. The summed E-state index contributed by atoms with van der Waals surface area (Å²) in [5, 5.41) is 10.3. The molecule has 0 saturated carbocycles. The van der Waals surface area contributed by atoms with E-state index in [4.69, 9.17) is 15.9 Å². The van der Waals surface area contributed by atoms with Gasteiger partial charge in [0.15, 0.2) is 0 Å². The number of nitrogen functional groups attached to an aromatic ring is 1. The molecule has 0 radical (unpaired) electrons. The number of carbonyl (C=O) groups excluding carboxylic acids is 1. The number of ether oxygens (including phenoxy) is 1. The van der Waals surface area contributed by atoms with Crippen molar-refractivity contribution in [1.82, 2.24) is 4.90 Å². The third-order valence-electron chi connectivity index (χ3n) is 3.40. The summed E-state index contributed by atoms with van der Waals surface area (Å²) in [5.41, 5.74) is 6.60. The van der Waals surface area contributed by atoms with E-state index in [0.717, 1.165) is 25.9 Å². The van der Waals surface area contributed by atoms with Crippen LogP contribution in [0, 0.1) is 5.41 Å². The normalized spacial score (nSPS) is 14.8. The largest absolute Gasteiger partial charge is 0.495 e. The van der Waals surface area contributed by atoms with Gasteiger partial charge in [-0.25, -0.2) is 4.79 Å². The van der Waals surface area contributed by atoms with E-state index in [2.05, 4.69) is 5.32 Å². The second-order valence-corrected chi connectivity index (χ2v) is 4.81. The number of nitrogens with one attached hydrogen (secondary N) is 2. The summed E-state index contributed by atoms with van der Waals surface area (Å²) in [7, 11) is 1.52. The van der Waals surface area contributed by atoms with Gasteiger partial charge < -0.3 is 20.7 Å². The fourth-order valence-corrected chi connectivity index (χ4v) is 2.25. The summed E-state index contributed by atoms with van der Waals surface area (Å²) < 4.78 is 5.24. The van der Waals surface area contributed by atoms with E-state index >= 15 is 0 Å². The SMILES string of the molecule is COc1cc(C(=N)N)ccc1NC(=O)N1CCCCC1. The Kier molecular flexibility index (Phi) is 4.45. The number of hydrogen-bond acceptors (Lipinski definition) is 3. The van der Waals surface area contributed by atoms with Crippen molar-refractivity contribution in [2.45, 2.75) is 19.3 Å². The fraction of sp³-hybridized carbons (Fsp3) is 0.429. The second kappa shape index (κ2) is 6.27. The van der Waals surface area contributed by atoms with E-state index in [9.17, 15) is 4.79 Å². The van der Waals surface area contributed by atoms with Crippen molar-refractivity contribution in [3.8, 4) is 5.75 Å². The first-order valence-corrected chi connectivity index (χ1v) is 6.70. The molecule has 108 valence electrons. The predicted molar refractivity (Wildman–Crippen MR) is 78.5 cm³/mol. The molecule has 1 aromatic rings. The van der Waals surface area contributed by atoms with Gasteiger partial charge >= 0.3 is 6.03 Å². The van der Waals surface area contributed by atoms with Crippen molar-refractivity contribution in [3.05, 3.63) is 23.8 Å². The molecule has 1 aliphatic heterocycles. The zero-order chi connectivity index (χ0) is 14.5. The smallest absolute Gasteiger partial charge is 0.321 e. The van der Waals surface area contributed by atoms with Crippen LogP contribution in [0.2, 0.25) is 0 Å². The molecule has 1 fully saturated rings. The average Bonchev–Trinajstić information content (AvgIpc) is 2.48. The minimum atomic E-state index is -0.112. The lowest BCUT2D eigenvalue weighted by molar-refractivity contribution is 0.200. The Morgan fingerprint density at radius 3 is 2.65 bits per heavy atom. The maximum Gasteiger partial charge on any atom is 0.321 e. The van der Waals surface area contributed by atoms with E-state index in [1.807, 2.05) is 4.90 Å². The number of amides is 2. The molecule has 0 spiro atoms. The van der Waals surface area contributed by atoms with Crippen LogP contribution >= 0.6 is 0 Å². The molecule has 4 N–H and O–H groups in total. The van der Waals surface area contributed by atoms with Gasteiger partial charge in [-0.05, 0) is 37.5 Å². The molecule has 1 saturated heterocycles. The zero-order valence-corrected chi connectivity index (χ0v) is 11.6. The Hall–Kier alpha value is -2.24. The van der Waals surface area contributed by atoms with Crippen LogP contribution in [0.4, 0.5) is 10.5 Å². The number of urea groups is 1. The van der Waals surface area contributed by atoms with Gasteiger partial charge in [-0.15, -0.1) is 0 Å². The van der Waals surface area contributed by atoms with Crippen molar-refractivity contribution in [2.24, 2.45) is 5.73 Å². The number of anilines is 1. The molecule has 2 rings (SSSR count). The molecule has 6 nitrogen and oxygen atoms in total. The number of methoxy groups -OCH3 is 1. The molecule has 0 bridgehead atoms. The Bertz CT molecular complexity index is 510. The minimum absolute atomic E-state index is 0.0304. The van der Waals surface area contributed by atoms with Crippen molar-refractivity contribution in [3.63, 3.8) is 0 Å². The molecule has 0 atom stereocenters. The van der Waals surface area contributed by atoms with Crippen LogP contribution in [-0.2, 0) is 0 Å². The van der Waals surface area contributed by atoms with Crippen LogP contribution in [0.5, 0.6) is 5.75 Å². The van der Waals surface area contributed by atoms with Crippen LogP contribution in [0.3, 0.4) is 0 Å². The first-order valence-electron chi connectivity index (χ1n) is 6.70. The molecular weight excluding hydrogens is 256 g/mol. The van der Waals surface area contributed by atoms with Gasteiger partial charge in [0.25, 0.3) is 0 Å². The maximum atomic E-state index is 12.1. The molecule has 1 heterocycles. The van der Waals surface area contributed by atoms with Crippen LogP contribution in [0.1, 0.15) is 24.8 Å². The van der Waals surface area contributed by atoms with Gasteiger partial charge in [0, 0.05) is 18.7 Å². The summed E-state index contributed by atoms with van der Waals surface area (Å²) in [6.45, 7) is 1.58. The maximum absolute atomic E-state index is 12.1. The highest BCUT2D eigenvalue weighted by atomic mass is 16.5. The van der Waals surface area contributed by atoms with Crippen molar-refractivity contribution < 1.29 is 9.53 Å². The van der Waals surface area contributed by atoms with Gasteiger partial charge in [0.2, 0.25) is 0 Å². The monoisotopic (exact) mass is 276 g/mol. The van der Waals surface area contributed by atoms with E-state index in [1.165, 1.54) is 13.5 Å². The number of likely N-dealkylation sites (tertiary alicyclic amines) is 1. The zero-order valence-electron chi connectivity index (χ0n) is 11.6. The molecular formula is C14H20N4O2. The lowest BCUT2D eigenvalue weighted by Gasteiger charge is -2.27. The number of piperidine rings is 1. The van der Waals surface area contributed by atoms with Gasteiger partial charge in [-0.3, -0.25) is 5.41 Å². The molecule has 20 heavy (non-hydrogen) atoms. The van der Waals surface area contributed by atoms with E-state index in [0.29, 0.717) is 17.0 Å². The standard InChI is InChI=1S/C14H20N4O2/c1-20-12-9-10(13(15)16)5-6-11(12)17-14(19)18-7-3-2-4-8-18/h5-6,9H,2-4,7-8H2,1H3,(H3,15,16)(H,17,19). The molecule has 1 aromatic carbocycles. The van der Waals surface area contributed by atoms with E-state index in [-0.39, 0.29) is 11.9 Å². The summed E-state index contributed by atoms with van der Waals surface area (Å²) in [6, 6.07) is 4.93. The lowest BCUT2D eigenvalue weighted by atomic mass is 10.1. The second-order valence-electron chi connectivity index (χ2n) is 4.81. The Morgan fingerprint density at radius 1 is 1.35 bits per heavy atom. The third-order valence-corrected chi connectivity index (χ3v) is 3.40. The molecule has 6 heteroatoms.